The number of aryl methyl sites for hydroxylation is 1. The van der Waals surface area contributed by atoms with E-state index in [0.717, 1.165) is 35.4 Å². The number of carbonyl (C=O) groups excluding carboxylic acids is 1. The summed E-state index contributed by atoms with van der Waals surface area (Å²) in [5.41, 5.74) is 3.63. The van der Waals surface area contributed by atoms with Gasteiger partial charge in [0.25, 0.3) is 5.91 Å². The summed E-state index contributed by atoms with van der Waals surface area (Å²) < 4.78 is 3.80. The quantitative estimate of drug-likeness (QED) is 0.495. The molecule has 0 aliphatic rings. The highest BCUT2D eigenvalue weighted by Gasteiger charge is 2.21. The average molecular weight is 422 g/mol. The Kier molecular flexibility index (Phi) is 5.61. The normalized spacial score (nSPS) is 11.4. The fourth-order valence-electron chi connectivity index (χ4n) is 3.47. The monoisotopic (exact) mass is 421 g/mol. The summed E-state index contributed by atoms with van der Waals surface area (Å²) in [4.78, 5) is 15.1. The molecule has 0 bridgehead atoms. The number of likely N-dealkylation sites (N-methyl/N-ethyl adjacent to an activating group) is 1. The lowest BCUT2D eigenvalue weighted by atomic mass is 10.2. The number of hydrogen-bond acceptors (Lipinski definition) is 3. The van der Waals surface area contributed by atoms with Crippen molar-refractivity contribution in [3.63, 3.8) is 0 Å². The Labute approximate surface area is 180 Å². The second-order valence-corrected chi connectivity index (χ2v) is 7.90. The maximum Gasteiger partial charge on any atom is 0.260 e. The maximum atomic E-state index is 13.0. The van der Waals surface area contributed by atoms with E-state index < -0.39 is 0 Å². The van der Waals surface area contributed by atoms with Gasteiger partial charge in [0, 0.05) is 35.9 Å². The van der Waals surface area contributed by atoms with Gasteiger partial charge in [-0.05, 0) is 57.4 Å². The van der Waals surface area contributed by atoms with Gasteiger partial charge in [0.05, 0.1) is 11.4 Å². The number of carbonyl (C=O) groups is 1. The SMILES string of the molecule is Cc1nn(-c2ccccc2)c(Cl)c1C(=O)Nc1ccc2c(ccn2CCN(C)C)c1. The largest absolute Gasteiger partial charge is 0.346 e. The summed E-state index contributed by atoms with van der Waals surface area (Å²) in [6.07, 6.45) is 2.07. The topological polar surface area (TPSA) is 55.1 Å². The van der Waals surface area contributed by atoms with Crippen molar-refractivity contribution in [3.8, 4) is 5.69 Å². The molecule has 0 aliphatic carbocycles. The number of benzene rings is 2. The zero-order valence-corrected chi connectivity index (χ0v) is 18.0. The molecule has 6 nitrogen and oxygen atoms in total. The summed E-state index contributed by atoms with van der Waals surface area (Å²) in [5.74, 6) is -0.272. The Morgan fingerprint density at radius 1 is 1.13 bits per heavy atom. The van der Waals surface area contributed by atoms with E-state index in [2.05, 4.69) is 46.2 Å². The van der Waals surface area contributed by atoms with E-state index in [-0.39, 0.29) is 5.91 Å². The number of halogens is 1. The van der Waals surface area contributed by atoms with Crippen molar-refractivity contribution < 1.29 is 4.79 Å². The molecule has 0 unspecified atom stereocenters. The average Bonchev–Trinajstić information content (AvgIpc) is 3.26. The molecule has 0 radical (unpaired) electrons. The molecule has 2 aromatic carbocycles. The van der Waals surface area contributed by atoms with Crippen molar-refractivity contribution in [3.05, 3.63) is 77.2 Å². The number of aromatic nitrogens is 3. The van der Waals surface area contributed by atoms with E-state index in [9.17, 15) is 4.79 Å². The van der Waals surface area contributed by atoms with Crippen molar-refractivity contribution in [2.24, 2.45) is 0 Å². The Morgan fingerprint density at radius 3 is 2.63 bits per heavy atom. The van der Waals surface area contributed by atoms with Gasteiger partial charge in [-0.3, -0.25) is 4.79 Å². The highest BCUT2D eigenvalue weighted by Crippen LogP contribution is 2.26. The van der Waals surface area contributed by atoms with Gasteiger partial charge >= 0.3 is 0 Å². The minimum absolute atomic E-state index is 0.272. The molecule has 2 aromatic heterocycles. The van der Waals surface area contributed by atoms with Gasteiger partial charge in [-0.25, -0.2) is 4.68 Å². The van der Waals surface area contributed by atoms with Crippen molar-refractivity contribution in [1.82, 2.24) is 19.2 Å². The molecule has 0 atom stereocenters. The third kappa shape index (κ3) is 3.97. The number of para-hydroxylation sites is 1. The molecule has 2 heterocycles. The first-order valence-corrected chi connectivity index (χ1v) is 10.2. The van der Waals surface area contributed by atoms with E-state index in [1.54, 1.807) is 11.6 Å². The lowest BCUT2D eigenvalue weighted by molar-refractivity contribution is 0.102. The predicted octanol–water partition coefficient (Wildman–Crippen LogP) is 4.60. The van der Waals surface area contributed by atoms with Crippen LogP contribution in [0.2, 0.25) is 5.15 Å². The minimum atomic E-state index is -0.272. The molecule has 0 spiro atoms. The molecule has 1 N–H and O–H groups in total. The minimum Gasteiger partial charge on any atom is -0.346 e. The van der Waals surface area contributed by atoms with Crippen molar-refractivity contribution >= 4 is 34.1 Å². The molecule has 30 heavy (non-hydrogen) atoms. The Balaban J connectivity index is 1.57. The summed E-state index contributed by atoms with van der Waals surface area (Å²) in [6, 6.07) is 17.5. The first kappa shape index (κ1) is 20.2. The van der Waals surface area contributed by atoms with Crippen LogP contribution in [0.15, 0.2) is 60.8 Å². The van der Waals surface area contributed by atoms with Gasteiger partial charge in [0.15, 0.2) is 0 Å². The molecule has 1 amide bonds. The smallest absolute Gasteiger partial charge is 0.260 e. The standard InChI is InChI=1S/C23H24ClN5O/c1-16-21(22(24)29(26-16)19-7-5-4-6-8-19)23(30)25-18-9-10-20-17(15-18)11-12-28(20)14-13-27(2)3/h4-12,15H,13-14H2,1-3H3,(H,25,30). The fourth-order valence-corrected chi connectivity index (χ4v) is 3.83. The van der Waals surface area contributed by atoms with Crippen molar-refractivity contribution in [2.75, 3.05) is 26.0 Å². The second kappa shape index (κ2) is 8.34. The van der Waals surface area contributed by atoms with Crippen LogP contribution in [-0.4, -0.2) is 45.8 Å². The number of nitrogens with one attached hydrogen (secondary N) is 1. The number of rotatable bonds is 6. The Morgan fingerprint density at radius 2 is 1.90 bits per heavy atom. The van der Waals surface area contributed by atoms with Gasteiger partial charge < -0.3 is 14.8 Å². The molecule has 4 rings (SSSR count). The van der Waals surface area contributed by atoms with E-state index in [4.69, 9.17) is 11.6 Å². The Hall–Kier alpha value is -3.09. The zero-order chi connectivity index (χ0) is 21.3. The van der Waals surface area contributed by atoms with E-state index in [0.29, 0.717) is 16.4 Å². The summed E-state index contributed by atoms with van der Waals surface area (Å²) in [6.45, 7) is 3.66. The molecular formula is C23H24ClN5O. The highest BCUT2D eigenvalue weighted by atomic mass is 35.5. The third-order valence-electron chi connectivity index (χ3n) is 5.05. The van der Waals surface area contributed by atoms with Crippen LogP contribution in [0.25, 0.3) is 16.6 Å². The van der Waals surface area contributed by atoms with Crippen LogP contribution in [0, 0.1) is 6.92 Å². The summed E-state index contributed by atoms with van der Waals surface area (Å²) in [5, 5.41) is 8.79. The van der Waals surface area contributed by atoms with Crippen molar-refractivity contribution in [1.29, 1.82) is 0 Å². The number of amides is 1. The summed E-state index contributed by atoms with van der Waals surface area (Å²) in [7, 11) is 4.12. The lowest BCUT2D eigenvalue weighted by Crippen LogP contribution is -2.17. The fraction of sp³-hybridized carbons (Fsp3) is 0.217. The molecule has 4 aromatic rings. The van der Waals surface area contributed by atoms with Gasteiger partial charge in [-0.15, -0.1) is 0 Å². The zero-order valence-electron chi connectivity index (χ0n) is 17.3. The van der Waals surface area contributed by atoms with Crippen LogP contribution in [0.5, 0.6) is 0 Å². The molecule has 0 aliphatic heterocycles. The third-order valence-corrected chi connectivity index (χ3v) is 5.40. The molecule has 0 saturated carbocycles. The number of hydrogen-bond donors (Lipinski definition) is 1. The second-order valence-electron chi connectivity index (χ2n) is 7.54. The van der Waals surface area contributed by atoms with Crippen LogP contribution < -0.4 is 5.32 Å². The van der Waals surface area contributed by atoms with E-state index >= 15 is 0 Å². The van der Waals surface area contributed by atoms with Crippen LogP contribution in [0.3, 0.4) is 0 Å². The van der Waals surface area contributed by atoms with Gasteiger partial charge in [0.2, 0.25) is 0 Å². The van der Waals surface area contributed by atoms with Crippen LogP contribution in [0.1, 0.15) is 16.1 Å². The van der Waals surface area contributed by atoms with E-state index in [1.807, 2.05) is 48.5 Å². The van der Waals surface area contributed by atoms with Gasteiger partial charge in [-0.1, -0.05) is 29.8 Å². The number of fused-ring (bicyclic) bond motifs is 1. The highest BCUT2D eigenvalue weighted by molar-refractivity contribution is 6.34. The number of anilines is 1. The van der Waals surface area contributed by atoms with Crippen LogP contribution in [-0.2, 0) is 6.54 Å². The predicted molar refractivity (Wildman–Crippen MR) is 122 cm³/mol. The van der Waals surface area contributed by atoms with Gasteiger partial charge in [0.1, 0.15) is 10.7 Å². The molecular weight excluding hydrogens is 398 g/mol. The number of nitrogens with zero attached hydrogens (tertiary/aromatic N) is 4. The van der Waals surface area contributed by atoms with E-state index in [1.165, 1.54) is 0 Å². The molecule has 154 valence electrons. The molecule has 0 saturated heterocycles. The Bertz CT molecular complexity index is 1190. The van der Waals surface area contributed by atoms with Crippen LogP contribution >= 0.6 is 11.6 Å². The van der Waals surface area contributed by atoms with Crippen LogP contribution in [0.4, 0.5) is 5.69 Å². The lowest BCUT2D eigenvalue weighted by Gasteiger charge is -2.11. The first-order valence-electron chi connectivity index (χ1n) is 9.79. The summed E-state index contributed by atoms with van der Waals surface area (Å²) >= 11 is 6.52. The first-order chi connectivity index (χ1) is 14.4. The van der Waals surface area contributed by atoms with Gasteiger partial charge in [-0.2, -0.15) is 5.10 Å². The van der Waals surface area contributed by atoms with Crippen molar-refractivity contribution in [2.45, 2.75) is 13.5 Å². The molecule has 0 fully saturated rings. The molecule has 7 heteroatoms. The maximum absolute atomic E-state index is 13.0.